The zero-order chi connectivity index (χ0) is 17.0. The van der Waals surface area contributed by atoms with Crippen LogP contribution in [0, 0.1) is 5.92 Å². The second-order valence-electron chi connectivity index (χ2n) is 6.33. The van der Waals surface area contributed by atoms with Crippen LogP contribution in [-0.4, -0.2) is 59.6 Å². The maximum absolute atomic E-state index is 12.4. The molecule has 2 heterocycles. The van der Waals surface area contributed by atoms with Gasteiger partial charge in [0.25, 0.3) is 0 Å². The summed E-state index contributed by atoms with van der Waals surface area (Å²) in [5.41, 5.74) is 0. The summed E-state index contributed by atoms with van der Waals surface area (Å²) in [5.74, 6) is 0.859. The SMILES string of the molecule is CO[C@@H]1COC[C@@H](CNC(=O)[C@@H](C)n2ccnc2C(C)C)[C@@H]1O. The fourth-order valence-electron chi connectivity index (χ4n) is 2.83. The minimum Gasteiger partial charge on any atom is -0.390 e. The molecule has 0 saturated carbocycles. The molecule has 23 heavy (non-hydrogen) atoms. The molecule has 1 aliphatic rings. The number of rotatable bonds is 6. The summed E-state index contributed by atoms with van der Waals surface area (Å²) in [6.45, 7) is 7.09. The van der Waals surface area contributed by atoms with Gasteiger partial charge in [0.15, 0.2) is 0 Å². The predicted octanol–water partition coefficient (Wildman–Crippen LogP) is 0.706. The van der Waals surface area contributed by atoms with Crippen LogP contribution in [0.15, 0.2) is 12.4 Å². The van der Waals surface area contributed by atoms with Gasteiger partial charge in [-0.1, -0.05) is 13.8 Å². The minimum absolute atomic E-state index is 0.100. The standard InChI is InChI=1S/C16H27N3O4/c1-10(2)15-17-5-6-19(15)11(3)16(21)18-7-12-8-23-9-13(22-4)14(12)20/h5-6,10-14,20H,7-9H2,1-4H3,(H,18,21)/t11-,12-,13-,14+/m1/s1. The number of aromatic nitrogens is 2. The highest BCUT2D eigenvalue weighted by atomic mass is 16.5. The highest BCUT2D eigenvalue weighted by Crippen LogP contribution is 2.19. The summed E-state index contributed by atoms with van der Waals surface area (Å²) in [5, 5.41) is 13.1. The van der Waals surface area contributed by atoms with Gasteiger partial charge in [-0.15, -0.1) is 0 Å². The van der Waals surface area contributed by atoms with E-state index < -0.39 is 6.10 Å². The first-order valence-corrected chi connectivity index (χ1v) is 8.04. The van der Waals surface area contributed by atoms with Gasteiger partial charge < -0.3 is 24.5 Å². The van der Waals surface area contributed by atoms with E-state index in [0.29, 0.717) is 19.8 Å². The maximum Gasteiger partial charge on any atom is 0.242 e. The second kappa shape index (κ2) is 7.90. The lowest BCUT2D eigenvalue weighted by Crippen LogP contribution is -2.49. The largest absolute Gasteiger partial charge is 0.390 e. The molecule has 130 valence electrons. The Morgan fingerprint density at radius 1 is 1.52 bits per heavy atom. The summed E-state index contributed by atoms with van der Waals surface area (Å²) in [4.78, 5) is 16.7. The van der Waals surface area contributed by atoms with Crippen molar-refractivity contribution in [3.05, 3.63) is 18.2 Å². The molecule has 1 aromatic heterocycles. The molecule has 7 heteroatoms. The number of hydrogen-bond acceptors (Lipinski definition) is 5. The third kappa shape index (κ3) is 4.10. The third-order valence-electron chi connectivity index (χ3n) is 4.33. The van der Waals surface area contributed by atoms with E-state index in [9.17, 15) is 9.90 Å². The molecule has 1 aliphatic heterocycles. The number of carbonyl (C=O) groups is 1. The Hall–Kier alpha value is -1.44. The van der Waals surface area contributed by atoms with Crippen LogP contribution in [0.25, 0.3) is 0 Å². The number of methoxy groups -OCH3 is 1. The summed E-state index contributed by atoms with van der Waals surface area (Å²) in [7, 11) is 1.55. The molecule has 1 fully saturated rings. The Bertz CT molecular complexity index is 517. The van der Waals surface area contributed by atoms with E-state index in [2.05, 4.69) is 10.3 Å². The lowest BCUT2D eigenvalue weighted by atomic mass is 9.96. The van der Waals surface area contributed by atoms with Gasteiger partial charge in [-0.3, -0.25) is 4.79 Å². The van der Waals surface area contributed by atoms with Crippen LogP contribution < -0.4 is 5.32 Å². The van der Waals surface area contributed by atoms with Crippen molar-refractivity contribution in [2.45, 2.75) is 44.9 Å². The van der Waals surface area contributed by atoms with Crippen LogP contribution in [0.1, 0.15) is 38.6 Å². The molecule has 7 nitrogen and oxygen atoms in total. The van der Waals surface area contributed by atoms with Crippen LogP contribution in [0.5, 0.6) is 0 Å². The van der Waals surface area contributed by atoms with E-state index in [1.165, 1.54) is 0 Å². The van der Waals surface area contributed by atoms with Crippen molar-refractivity contribution in [2.24, 2.45) is 5.92 Å². The lowest BCUT2D eigenvalue weighted by Gasteiger charge is -2.34. The number of nitrogens with one attached hydrogen (secondary N) is 1. The smallest absolute Gasteiger partial charge is 0.242 e. The third-order valence-corrected chi connectivity index (χ3v) is 4.33. The number of carbonyl (C=O) groups excluding carboxylic acids is 1. The molecular formula is C16H27N3O4. The van der Waals surface area contributed by atoms with Gasteiger partial charge in [-0.25, -0.2) is 4.98 Å². The highest BCUT2D eigenvalue weighted by Gasteiger charge is 2.33. The lowest BCUT2D eigenvalue weighted by molar-refractivity contribution is -0.137. The minimum atomic E-state index is -0.635. The van der Waals surface area contributed by atoms with Crippen LogP contribution in [0.4, 0.5) is 0 Å². The number of amides is 1. The molecule has 4 atom stereocenters. The van der Waals surface area contributed by atoms with Gasteiger partial charge in [0.2, 0.25) is 5.91 Å². The topological polar surface area (TPSA) is 85.6 Å². The van der Waals surface area contributed by atoms with Crippen molar-refractivity contribution in [3.8, 4) is 0 Å². The first-order chi connectivity index (χ1) is 11.0. The van der Waals surface area contributed by atoms with Gasteiger partial charge in [0, 0.05) is 37.9 Å². The fraction of sp³-hybridized carbons (Fsp3) is 0.750. The molecule has 1 saturated heterocycles. The highest BCUT2D eigenvalue weighted by molar-refractivity contribution is 5.80. The van der Waals surface area contributed by atoms with Crippen molar-refractivity contribution in [1.82, 2.24) is 14.9 Å². The normalized spacial score (nSPS) is 26.3. The van der Waals surface area contributed by atoms with Gasteiger partial charge in [0.1, 0.15) is 18.0 Å². The molecule has 0 radical (unpaired) electrons. The molecule has 0 spiro atoms. The summed E-state index contributed by atoms with van der Waals surface area (Å²) in [6, 6.07) is -0.352. The van der Waals surface area contributed by atoms with Gasteiger partial charge in [-0.05, 0) is 6.92 Å². The van der Waals surface area contributed by atoms with E-state index in [-0.39, 0.29) is 29.9 Å². The van der Waals surface area contributed by atoms with Gasteiger partial charge in [-0.2, -0.15) is 0 Å². The summed E-state index contributed by atoms with van der Waals surface area (Å²) >= 11 is 0. The van der Waals surface area contributed by atoms with Crippen molar-refractivity contribution >= 4 is 5.91 Å². The molecule has 0 aromatic carbocycles. The Labute approximate surface area is 137 Å². The molecule has 0 aliphatic carbocycles. The first-order valence-electron chi connectivity index (χ1n) is 8.04. The maximum atomic E-state index is 12.4. The molecule has 0 bridgehead atoms. The number of ether oxygens (including phenoxy) is 2. The van der Waals surface area contributed by atoms with E-state index in [1.54, 1.807) is 13.3 Å². The Balaban J connectivity index is 1.92. The van der Waals surface area contributed by atoms with Crippen LogP contribution >= 0.6 is 0 Å². The first kappa shape index (κ1) is 17.9. The van der Waals surface area contributed by atoms with Crippen LogP contribution in [-0.2, 0) is 14.3 Å². The Kier molecular flexibility index (Phi) is 6.15. The monoisotopic (exact) mass is 325 g/mol. The van der Waals surface area contributed by atoms with E-state index in [1.807, 2.05) is 31.5 Å². The molecule has 0 unspecified atom stereocenters. The average Bonchev–Trinajstić information content (AvgIpc) is 3.02. The van der Waals surface area contributed by atoms with Crippen LogP contribution in [0.2, 0.25) is 0 Å². The fourth-order valence-corrected chi connectivity index (χ4v) is 2.83. The predicted molar refractivity (Wildman–Crippen MR) is 85.1 cm³/mol. The Morgan fingerprint density at radius 3 is 2.91 bits per heavy atom. The van der Waals surface area contributed by atoms with E-state index >= 15 is 0 Å². The molecule has 2 N–H and O–H groups in total. The van der Waals surface area contributed by atoms with Crippen molar-refractivity contribution in [1.29, 1.82) is 0 Å². The second-order valence-corrected chi connectivity index (χ2v) is 6.33. The number of imidazole rings is 1. The number of aliphatic hydroxyl groups excluding tert-OH is 1. The average molecular weight is 325 g/mol. The molecule has 2 rings (SSSR count). The summed E-state index contributed by atoms with van der Waals surface area (Å²) < 4.78 is 12.5. The van der Waals surface area contributed by atoms with E-state index in [0.717, 1.165) is 5.82 Å². The Morgan fingerprint density at radius 2 is 2.26 bits per heavy atom. The van der Waals surface area contributed by atoms with Crippen molar-refractivity contribution < 1.29 is 19.4 Å². The zero-order valence-corrected chi connectivity index (χ0v) is 14.2. The van der Waals surface area contributed by atoms with E-state index in [4.69, 9.17) is 9.47 Å². The quantitative estimate of drug-likeness (QED) is 0.804. The van der Waals surface area contributed by atoms with Gasteiger partial charge >= 0.3 is 0 Å². The zero-order valence-electron chi connectivity index (χ0n) is 14.2. The number of hydrogen-bond donors (Lipinski definition) is 2. The molecule has 1 amide bonds. The van der Waals surface area contributed by atoms with Crippen LogP contribution in [0.3, 0.4) is 0 Å². The summed E-state index contributed by atoms with van der Waals surface area (Å²) in [6.07, 6.45) is 2.55. The molecular weight excluding hydrogens is 298 g/mol. The van der Waals surface area contributed by atoms with Gasteiger partial charge in [0.05, 0.1) is 19.3 Å². The molecule has 1 aromatic rings. The number of aliphatic hydroxyl groups is 1. The van der Waals surface area contributed by atoms with Crippen molar-refractivity contribution in [3.63, 3.8) is 0 Å². The number of nitrogens with zero attached hydrogens (tertiary/aromatic N) is 2. The van der Waals surface area contributed by atoms with Crippen molar-refractivity contribution in [2.75, 3.05) is 26.9 Å².